The molecule has 0 radical (unpaired) electrons. The van der Waals surface area contributed by atoms with Gasteiger partial charge in [-0.3, -0.25) is 4.79 Å². The van der Waals surface area contributed by atoms with Gasteiger partial charge in [0.15, 0.2) is 0 Å². The summed E-state index contributed by atoms with van der Waals surface area (Å²) in [6, 6.07) is 22.8. The number of likely N-dealkylation sites (N-methyl/N-ethyl adjacent to an activating group) is 1. The van der Waals surface area contributed by atoms with Crippen LogP contribution in [0.1, 0.15) is 16.7 Å². The van der Waals surface area contributed by atoms with Gasteiger partial charge in [0.25, 0.3) is 0 Å². The van der Waals surface area contributed by atoms with Crippen molar-refractivity contribution in [3.8, 4) is 5.75 Å². The largest absolute Gasteiger partial charge is 0.489 e. The summed E-state index contributed by atoms with van der Waals surface area (Å²) in [5.74, 6) is 0.673. The third-order valence-corrected chi connectivity index (χ3v) is 4.93. The Morgan fingerprint density at radius 3 is 2.41 bits per heavy atom. The Kier molecular flexibility index (Phi) is 7.34. The van der Waals surface area contributed by atoms with Gasteiger partial charge in [0, 0.05) is 35.3 Å². The van der Waals surface area contributed by atoms with E-state index in [0.29, 0.717) is 23.2 Å². The molecule has 0 atom stereocenters. The number of carbonyl (C=O) groups is 1. The van der Waals surface area contributed by atoms with Gasteiger partial charge in [-0.25, -0.2) is 0 Å². The number of rotatable bonds is 7. The van der Waals surface area contributed by atoms with Crippen LogP contribution in [-0.2, 0) is 17.9 Å². The lowest BCUT2D eigenvalue weighted by Crippen LogP contribution is -2.23. The van der Waals surface area contributed by atoms with Crippen LogP contribution in [0.2, 0.25) is 10.0 Å². The SMILES string of the molecule is CN(Cc1ccccc1)C(=O)/C=C/c1ccc(OCc2ccc(Cl)cc2Cl)cc1. The van der Waals surface area contributed by atoms with E-state index in [0.717, 1.165) is 22.4 Å². The topological polar surface area (TPSA) is 29.5 Å². The van der Waals surface area contributed by atoms with Crippen molar-refractivity contribution in [2.24, 2.45) is 0 Å². The highest BCUT2D eigenvalue weighted by Gasteiger charge is 2.06. The number of hydrogen-bond donors (Lipinski definition) is 0. The lowest BCUT2D eigenvalue weighted by molar-refractivity contribution is -0.125. The third kappa shape index (κ3) is 6.38. The Balaban J connectivity index is 1.53. The number of nitrogens with zero attached hydrogens (tertiary/aromatic N) is 1. The first-order valence-electron chi connectivity index (χ1n) is 9.15. The van der Waals surface area contributed by atoms with E-state index < -0.39 is 0 Å². The van der Waals surface area contributed by atoms with Crippen molar-refractivity contribution in [3.05, 3.63) is 106 Å². The smallest absolute Gasteiger partial charge is 0.246 e. The van der Waals surface area contributed by atoms with Gasteiger partial charge in [-0.1, -0.05) is 71.7 Å². The minimum Gasteiger partial charge on any atom is -0.489 e. The minimum absolute atomic E-state index is 0.0495. The van der Waals surface area contributed by atoms with Crippen LogP contribution in [0, 0.1) is 0 Å². The first-order valence-corrected chi connectivity index (χ1v) is 9.91. The number of amides is 1. The van der Waals surface area contributed by atoms with E-state index in [1.165, 1.54) is 0 Å². The highest BCUT2D eigenvalue weighted by molar-refractivity contribution is 6.35. The maximum Gasteiger partial charge on any atom is 0.246 e. The maximum absolute atomic E-state index is 12.3. The fourth-order valence-electron chi connectivity index (χ4n) is 2.70. The quantitative estimate of drug-likeness (QED) is 0.419. The molecule has 0 N–H and O–H groups in total. The maximum atomic E-state index is 12.3. The van der Waals surface area contributed by atoms with Crippen LogP contribution in [-0.4, -0.2) is 17.9 Å². The normalized spacial score (nSPS) is 10.9. The molecule has 0 heterocycles. The first-order chi connectivity index (χ1) is 14.0. The number of halogens is 2. The molecule has 0 spiro atoms. The highest BCUT2D eigenvalue weighted by atomic mass is 35.5. The van der Waals surface area contributed by atoms with Gasteiger partial charge in [-0.05, 0) is 41.5 Å². The van der Waals surface area contributed by atoms with Gasteiger partial charge >= 0.3 is 0 Å². The van der Waals surface area contributed by atoms with Crippen LogP contribution in [0.3, 0.4) is 0 Å². The molecule has 0 aliphatic carbocycles. The average molecular weight is 426 g/mol. The van der Waals surface area contributed by atoms with Crippen LogP contribution < -0.4 is 4.74 Å². The molecule has 0 unspecified atom stereocenters. The molecule has 148 valence electrons. The molecule has 3 nitrogen and oxygen atoms in total. The molecule has 0 aliphatic rings. The van der Waals surface area contributed by atoms with Gasteiger partial charge in [-0.2, -0.15) is 0 Å². The van der Waals surface area contributed by atoms with Crippen LogP contribution in [0.25, 0.3) is 6.08 Å². The van der Waals surface area contributed by atoms with Crippen molar-refractivity contribution in [1.82, 2.24) is 4.90 Å². The molecule has 3 rings (SSSR count). The van der Waals surface area contributed by atoms with Crippen LogP contribution in [0.15, 0.2) is 78.9 Å². The second-order valence-corrected chi connectivity index (χ2v) is 7.45. The van der Waals surface area contributed by atoms with Crippen molar-refractivity contribution in [2.75, 3.05) is 7.05 Å². The summed E-state index contributed by atoms with van der Waals surface area (Å²) in [5.41, 5.74) is 2.88. The second kappa shape index (κ2) is 10.1. The Morgan fingerprint density at radius 1 is 1.00 bits per heavy atom. The average Bonchev–Trinajstić information content (AvgIpc) is 2.73. The Labute approximate surface area is 181 Å². The predicted octanol–water partition coefficient (Wildman–Crippen LogP) is 6.24. The van der Waals surface area contributed by atoms with Crippen molar-refractivity contribution < 1.29 is 9.53 Å². The van der Waals surface area contributed by atoms with E-state index in [4.69, 9.17) is 27.9 Å². The summed E-state index contributed by atoms with van der Waals surface area (Å²) in [7, 11) is 1.79. The monoisotopic (exact) mass is 425 g/mol. The van der Waals surface area contributed by atoms with Gasteiger partial charge in [-0.15, -0.1) is 0 Å². The molecule has 0 saturated carbocycles. The molecular formula is C24H21Cl2NO2. The Bertz CT molecular complexity index is 986. The standard InChI is InChI=1S/C24H21Cl2NO2/c1-27(16-19-5-3-2-4-6-19)24(28)14-9-18-7-12-22(13-8-18)29-17-20-10-11-21(25)15-23(20)26/h2-15H,16-17H2,1H3/b14-9+. The van der Waals surface area contributed by atoms with Crippen molar-refractivity contribution in [1.29, 1.82) is 0 Å². The number of benzene rings is 3. The Hall–Kier alpha value is -2.75. The zero-order chi connectivity index (χ0) is 20.6. The molecule has 3 aromatic rings. The molecule has 3 aromatic carbocycles. The molecular weight excluding hydrogens is 405 g/mol. The zero-order valence-electron chi connectivity index (χ0n) is 16.0. The number of ether oxygens (including phenoxy) is 1. The summed E-state index contributed by atoms with van der Waals surface area (Å²) in [6.45, 7) is 0.929. The Morgan fingerprint density at radius 2 is 1.72 bits per heavy atom. The minimum atomic E-state index is -0.0495. The molecule has 5 heteroatoms. The third-order valence-electron chi connectivity index (χ3n) is 4.35. The van der Waals surface area contributed by atoms with E-state index in [-0.39, 0.29) is 5.91 Å². The fraction of sp³-hybridized carbons (Fsp3) is 0.125. The summed E-state index contributed by atoms with van der Waals surface area (Å²) < 4.78 is 5.77. The van der Waals surface area contributed by atoms with Crippen molar-refractivity contribution >= 4 is 35.2 Å². The molecule has 0 bridgehead atoms. The first kappa shape index (κ1) is 21.0. The summed E-state index contributed by atoms with van der Waals surface area (Å²) in [5, 5.41) is 1.18. The van der Waals surface area contributed by atoms with E-state index in [9.17, 15) is 4.79 Å². The molecule has 29 heavy (non-hydrogen) atoms. The van der Waals surface area contributed by atoms with Crippen molar-refractivity contribution in [2.45, 2.75) is 13.2 Å². The predicted molar refractivity (Wildman–Crippen MR) is 119 cm³/mol. The van der Waals surface area contributed by atoms with E-state index in [2.05, 4.69) is 0 Å². The lowest BCUT2D eigenvalue weighted by Gasteiger charge is -2.15. The van der Waals surface area contributed by atoms with Crippen molar-refractivity contribution in [3.63, 3.8) is 0 Å². The fourth-order valence-corrected chi connectivity index (χ4v) is 3.17. The van der Waals surface area contributed by atoms with Crippen LogP contribution >= 0.6 is 23.2 Å². The second-order valence-electron chi connectivity index (χ2n) is 6.61. The van der Waals surface area contributed by atoms with E-state index >= 15 is 0 Å². The highest BCUT2D eigenvalue weighted by Crippen LogP contribution is 2.23. The van der Waals surface area contributed by atoms with Gasteiger partial charge in [0.2, 0.25) is 5.91 Å². The zero-order valence-corrected chi connectivity index (χ0v) is 17.5. The molecule has 0 aromatic heterocycles. The lowest BCUT2D eigenvalue weighted by atomic mass is 10.2. The van der Waals surface area contributed by atoms with Gasteiger partial charge in [0.1, 0.15) is 12.4 Å². The number of hydrogen-bond acceptors (Lipinski definition) is 2. The summed E-state index contributed by atoms with van der Waals surface area (Å²) in [6.07, 6.45) is 3.37. The molecule has 0 aliphatic heterocycles. The van der Waals surface area contributed by atoms with Gasteiger partial charge < -0.3 is 9.64 Å². The summed E-state index contributed by atoms with van der Waals surface area (Å²) >= 11 is 12.1. The summed E-state index contributed by atoms with van der Waals surface area (Å²) in [4.78, 5) is 14.0. The van der Waals surface area contributed by atoms with E-state index in [1.54, 1.807) is 36.2 Å². The number of carbonyl (C=O) groups excluding carboxylic acids is 1. The molecule has 0 fully saturated rings. The molecule has 1 amide bonds. The van der Waals surface area contributed by atoms with E-state index in [1.807, 2.05) is 60.7 Å². The molecule has 0 saturated heterocycles. The van der Waals surface area contributed by atoms with Crippen LogP contribution in [0.5, 0.6) is 5.75 Å². The van der Waals surface area contributed by atoms with Crippen LogP contribution in [0.4, 0.5) is 0 Å². The van der Waals surface area contributed by atoms with Gasteiger partial charge in [0.05, 0.1) is 0 Å².